The van der Waals surface area contributed by atoms with Crippen molar-refractivity contribution in [2.45, 2.75) is 142 Å². The van der Waals surface area contributed by atoms with Crippen molar-refractivity contribution in [1.82, 2.24) is 0 Å². The van der Waals surface area contributed by atoms with Crippen molar-refractivity contribution in [2.75, 3.05) is 6.61 Å². The predicted molar refractivity (Wildman–Crippen MR) is 123 cm³/mol. The Bertz CT molecular complexity index is 338. The molecule has 0 spiro atoms. The molecule has 0 fully saturated rings. The lowest BCUT2D eigenvalue weighted by atomic mass is 10.0. The van der Waals surface area contributed by atoms with E-state index in [1.54, 1.807) is 0 Å². The predicted octanol–water partition coefficient (Wildman–Crippen LogP) is 8.77. The Labute approximate surface area is 172 Å². The van der Waals surface area contributed by atoms with Crippen LogP contribution in [0.5, 0.6) is 0 Å². The maximum atomic E-state index is 8.62. The number of unbranched alkanes of at least 4 members (excludes halogenated alkanes) is 16. The molecule has 0 saturated carbocycles. The third-order valence-corrected chi connectivity index (χ3v) is 8.10. The molecule has 0 atom stereocenters. The van der Waals surface area contributed by atoms with Gasteiger partial charge in [0.1, 0.15) is 0 Å². The molecule has 27 heavy (non-hydrogen) atoms. The Morgan fingerprint density at radius 2 is 1.04 bits per heavy atom. The molecule has 0 aromatic carbocycles. The van der Waals surface area contributed by atoms with Crippen LogP contribution in [-0.4, -0.2) is 14.9 Å². The highest BCUT2D eigenvalue weighted by atomic mass is 28.4. The van der Waals surface area contributed by atoms with E-state index in [0.29, 0.717) is 6.42 Å². The first-order valence-corrected chi connectivity index (χ1v) is 15.2. The van der Waals surface area contributed by atoms with Crippen molar-refractivity contribution in [3.8, 4) is 6.07 Å². The van der Waals surface area contributed by atoms with Gasteiger partial charge in [-0.15, -0.1) is 0 Å². The van der Waals surface area contributed by atoms with Gasteiger partial charge in [0.2, 0.25) is 0 Å². The molecule has 0 N–H and O–H groups in total. The fraction of sp³-hybridized carbons (Fsp3) is 0.958. The second-order valence-corrected chi connectivity index (χ2v) is 13.2. The van der Waals surface area contributed by atoms with Crippen molar-refractivity contribution < 1.29 is 4.43 Å². The van der Waals surface area contributed by atoms with Crippen LogP contribution in [0, 0.1) is 11.3 Å². The molecule has 0 aromatic rings. The highest BCUT2D eigenvalue weighted by Gasteiger charge is 2.21. The summed E-state index contributed by atoms with van der Waals surface area (Å²) in [6.45, 7) is 7.80. The molecule has 0 radical (unpaired) electrons. The first kappa shape index (κ1) is 26.7. The molecule has 160 valence electrons. The van der Waals surface area contributed by atoms with E-state index in [-0.39, 0.29) is 0 Å². The summed E-state index contributed by atoms with van der Waals surface area (Å²) < 4.78 is 6.12. The van der Waals surface area contributed by atoms with Crippen LogP contribution in [0.3, 0.4) is 0 Å². The third-order valence-electron chi connectivity index (χ3n) is 5.56. The normalized spacial score (nSPS) is 11.6. The summed E-state index contributed by atoms with van der Waals surface area (Å²) in [5.41, 5.74) is 0. The van der Waals surface area contributed by atoms with Crippen molar-refractivity contribution in [3.63, 3.8) is 0 Å². The molecule has 0 amide bonds. The van der Waals surface area contributed by atoms with Gasteiger partial charge in [0.15, 0.2) is 8.32 Å². The van der Waals surface area contributed by atoms with Gasteiger partial charge in [0, 0.05) is 13.0 Å². The number of nitrogens with zero attached hydrogens (tertiary/aromatic N) is 1. The van der Waals surface area contributed by atoms with Crippen LogP contribution >= 0.6 is 0 Å². The summed E-state index contributed by atoms with van der Waals surface area (Å²) >= 11 is 0. The molecule has 0 bridgehead atoms. The van der Waals surface area contributed by atoms with Gasteiger partial charge in [-0.05, 0) is 32.0 Å². The molecule has 0 aromatic heterocycles. The zero-order chi connectivity index (χ0) is 20.1. The number of hydrogen-bond acceptors (Lipinski definition) is 2. The van der Waals surface area contributed by atoms with Crippen LogP contribution in [-0.2, 0) is 4.43 Å². The average molecular weight is 396 g/mol. The van der Waals surface area contributed by atoms with E-state index in [9.17, 15) is 0 Å². The van der Waals surface area contributed by atoms with E-state index in [0.717, 1.165) is 19.1 Å². The molecule has 3 heteroatoms. The highest BCUT2D eigenvalue weighted by Crippen LogP contribution is 2.17. The van der Waals surface area contributed by atoms with E-state index in [2.05, 4.69) is 26.1 Å². The quantitative estimate of drug-likeness (QED) is 0.144. The van der Waals surface area contributed by atoms with Gasteiger partial charge in [-0.2, -0.15) is 5.26 Å². The van der Waals surface area contributed by atoms with Crippen LogP contribution in [0.15, 0.2) is 0 Å². The SMILES string of the molecule is CCCCCCCCCCCCCCCCCCO[Si](C)(C)CCCC#N. The fourth-order valence-corrected chi connectivity index (χ4v) is 5.53. The Balaban J connectivity index is 3.18. The minimum atomic E-state index is -1.50. The Kier molecular flexibility index (Phi) is 20.2. The molecule has 2 nitrogen and oxygen atoms in total. The third kappa shape index (κ3) is 21.8. The van der Waals surface area contributed by atoms with E-state index in [4.69, 9.17) is 9.69 Å². The van der Waals surface area contributed by atoms with Crippen LogP contribution in [0.4, 0.5) is 0 Å². The molecule has 0 aliphatic carbocycles. The minimum Gasteiger partial charge on any atom is -0.417 e. The summed E-state index contributed by atoms with van der Waals surface area (Å²) in [5, 5.41) is 8.62. The van der Waals surface area contributed by atoms with Crippen LogP contribution in [0.2, 0.25) is 19.1 Å². The Hall–Kier alpha value is -0.333. The summed E-state index contributed by atoms with van der Waals surface area (Å²) in [4.78, 5) is 0. The van der Waals surface area contributed by atoms with Gasteiger partial charge < -0.3 is 4.43 Å². The largest absolute Gasteiger partial charge is 0.417 e. The van der Waals surface area contributed by atoms with E-state index >= 15 is 0 Å². The standard InChI is InChI=1S/C24H49NOSi/c1-4-5-6-7-8-9-10-11-12-13-14-15-16-17-18-20-23-26-27(2,3)24-21-19-22-25/h4-21,23-24H2,1-3H3. The number of nitriles is 1. The number of hydrogen-bond donors (Lipinski definition) is 0. The molecule has 0 aliphatic heterocycles. The van der Waals surface area contributed by atoms with Gasteiger partial charge in [-0.3, -0.25) is 0 Å². The van der Waals surface area contributed by atoms with Crippen molar-refractivity contribution in [2.24, 2.45) is 0 Å². The Morgan fingerprint density at radius 1 is 0.630 bits per heavy atom. The molecule has 0 rings (SSSR count). The maximum Gasteiger partial charge on any atom is 0.186 e. The first-order valence-electron chi connectivity index (χ1n) is 12.1. The van der Waals surface area contributed by atoms with E-state index in [1.807, 2.05) is 0 Å². The Morgan fingerprint density at radius 3 is 1.44 bits per heavy atom. The van der Waals surface area contributed by atoms with E-state index < -0.39 is 8.32 Å². The lowest BCUT2D eigenvalue weighted by Gasteiger charge is -2.22. The zero-order valence-corrected chi connectivity index (χ0v) is 20.0. The van der Waals surface area contributed by atoms with Gasteiger partial charge in [-0.25, -0.2) is 0 Å². The summed E-state index contributed by atoms with van der Waals surface area (Å²) in [5.74, 6) is 0. The van der Waals surface area contributed by atoms with Gasteiger partial charge in [0.25, 0.3) is 0 Å². The first-order chi connectivity index (χ1) is 13.1. The maximum absolute atomic E-state index is 8.62. The molecular weight excluding hydrogens is 346 g/mol. The minimum absolute atomic E-state index is 0.679. The summed E-state index contributed by atoms with van der Waals surface area (Å²) in [6.07, 6.45) is 24.3. The summed E-state index contributed by atoms with van der Waals surface area (Å²) in [7, 11) is -1.50. The van der Waals surface area contributed by atoms with Crippen LogP contribution < -0.4 is 0 Å². The molecule has 0 saturated heterocycles. The smallest absolute Gasteiger partial charge is 0.186 e. The zero-order valence-electron chi connectivity index (χ0n) is 19.0. The van der Waals surface area contributed by atoms with E-state index in [1.165, 1.54) is 103 Å². The van der Waals surface area contributed by atoms with Gasteiger partial charge in [-0.1, -0.05) is 103 Å². The second-order valence-electron chi connectivity index (χ2n) is 8.92. The topological polar surface area (TPSA) is 33.0 Å². The highest BCUT2D eigenvalue weighted by molar-refractivity contribution is 6.71. The average Bonchev–Trinajstić information content (AvgIpc) is 2.64. The van der Waals surface area contributed by atoms with Crippen LogP contribution in [0.25, 0.3) is 0 Å². The fourth-order valence-electron chi connectivity index (χ4n) is 3.66. The molecular formula is C24H49NOSi. The number of rotatable bonds is 21. The van der Waals surface area contributed by atoms with Gasteiger partial charge >= 0.3 is 0 Å². The van der Waals surface area contributed by atoms with Crippen LogP contribution in [0.1, 0.15) is 122 Å². The van der Waals surface area contributed by atoms with Crippen molar-refractivity contribution >= 4 is 8.32 Å². The summed E-state index contributed by atoms with van der Waals surface area (Å²) in [6, 6.07) is 3.36. The second kappa shape index (κ2) is 20.4. The molecule has 0 aliphatic rings. The monoisotopic (exact) mass is 395 g/mol. The van der Waals surface area contributed by atoms with Crippen molar-refractivity contribution in [3.05, 3.63) is 0 Å². The van der Waals surface area contributed by atoms with Crippen molar-refractivity contribution in [1.29, 1.82) is 5.26 Å². The lowest BCUT2D eigenvalue weighted by Crippen LogP contribution is -2.30. The lowest BCUT2D eigenvalue weighted by molar-refractivity contribution is 0.293. The molecule has 0 unspecified atom stereocenters. The van der Waals surface area contributed by atoms with Gasteiger partial charge in [0.05, 0.1) is 6.07 Å². The molecule has 0 heterocycles.